The molecule has 9 nitrogen and oxygen atoms in total. The molecule has 5 rings (SSSR count). The monoisotopic (exact) mass is 467 g/mol. The number of nitrogens with zero attached hydrogens (tertiary/aromatic N) is 3. The molecule has 0 aliphatic carbocycles. The van der Waals surface area contributed by atoms with Gasteiger partial charge in [-0.15, -0.1) is 11.3 Å². The van der Waals surface area contributed by atoms with Crippen molar-refractivity contribution in [3.8, 4) is 17.1 Å². The topological polar surface area (TPSA) is 124 Å². The normalized spacial score (nSPS) is 15.4. The third kappa shape index (κ3) is 4.06. The van der Waals surface area contributed by atoms with Crippen molar-refractivity contribution >= 4 is 38.8 Å². The van der Waals surface area contributed by atoms with Crippen molar-refractivity contribution in [3.63, 3.8) is 0 Å². The van der Waals surface area contributed by atoms with E-state index in [0.29, 0.717) is 34.5 Å². The minimum absolute atomic E-state index is 0.0937. The maximum absolute atomic E-state index is 12.6. The number of piperidine rings is 1. The van der Waals surface area contributed by atoms with E-state index >= 15 is 0 Å². The van der Waals surface area contributed by atoms with Crippen molar-refractivity contribution in [2.24, 2.45) is 0 Å². The number of pyridine rings is 2. The van der Waals surface area contributed by atoms with E-state index in [1.54, 1.807) is 11.0 Å². The predicted molar refractivity (Wildman–Crippen MR) is 127 cm³/mol. The largest absolute Gasteiger partial charge is 0.506 e. The molecule has 33 heavy (non-hydrogen) atoms. The molecule has 1 aliphatic rings. The van der Waals surface area contributed by atoms with E-state index in [1.807, 2.05) is 38.3 Å². The van der Waals surface area contributed by atoms with Gasteiger partial charge in [0.25, 0.3) is 5.56 Å². The Kier molecular flexibility index (Phi) is 5.12. The van der Waals surface area contributed by atoms with Gasteiger partial charge in [-0.05, 0) is 57.2 Å². The molecule has 0 atom stereocenters. The van der Waals surface area contributed by atoms with Crippen LogP contribution in [0.5, 0.6) is 5.75 Å². The molecule has 1 fully saturated rings. The Labute approximate surface area is 193 Å². The average Bonchev–Trinajstić information content (AvgIpc) is 3.39. The SMILES string of the molecule is CC(C)(C)OC(=O)N1CCC(c2ccc3[nH]c(-c4c(O)c5ccsc5[nH]c4=O)nc3n2)CC1. The lowest BCUT2D eigenvalue weighted by Crippen LogP contribution is -2.41. The fraction of sp³-hybridized carbons (Fsp3) is 0.391. The lowest BCUT2D eigenvalue weighted by Gasteiger charge is -2.33. The highest BCUT2D eigenvalue weighted by Gasteiger charge is 2.28. The Morgan fingerprint density at radius 3 is 2.67 bits per heavy atom. The standard InChI is InChI=1S/C23H25N5O4S/c1-23(2,3)32-22(31)28-9-6-12(7-10-28)14-4-5-15-18(24-14)26-19(25-15)16-17(29)13-8-11-33-21(13)27-20(16)30/h4-5,8,11-12H,6-7,9-10H2,1-3H3,(H,24,25,26)(H2,27,29,30). The third-order valence-corrected chi connectivity index (χ3v) is 6.61. The summed E-state index contributed by atoms with van der Waals surface area (Å²) in [5, 5.41) is 13.1. The van der Waals surface area contributed by atoms with Gasteiger partial charge in [0, 0.05) is 24.7 Å². The Balaban J connectivity index is 1.38. The number of thiophene rings is 1. The summed E-state index contributed by atoms with van der Waals surface area (Å²) in [5.41, 5.74) is 1.26. The molecule has 0 bridgehead atoms. The number of aromatic hydroxyl groups is 1. The van der Waals surface area contributed by atoms with Crippen LogP contribution >= 0.6 is 11.3 Å². The van der Waals surface area contributed by atoms with E-state index in [-0.39, 0.29) is 29.1 Å². The molecule has 4 aromatic heterocycles. The molecule has 1 aliphatic heterocycles. The first-order chi connectivity index (χ1) is 15.7. The first-order valence-corrected chi connectivity index (χ1v) is 11.7. The molecular formula is C23H25N5O4S. The second kappa shape index (κ2) is 7.87. The van der Waals surface area contributed by atoms with Gasteiger partial charge in [0.1, 0.15) is 27.6 Å². The van der Waals surface area contributed by atoms with Crippen LogP contribution in [0.3, 0.4) is 0 Å². The van der Waals surface area contributed by atoms with Gasteiger partial charge in [-0.1, -0.05) is 0 Å². The number of H-pyrrole nitrogens is 2. The van der Waals surface area contributed by atoms with E-state index in [0.717, 1.165) is 18.5 Å². The van der Waals surface area contributed by atoms with Crippen molar-refractivity contribution in [1.29, 1.82) is 0 Å². The van der Waals surface area contributed by atoms with Crippen molar-refractivity contribution in [2.75, 3.05) is 13.1 Å². The summed E-state index contributed by atoms with van der Waals surface area (Å²) < 4.78 is 5.47. The number of hydrogen-bond donors (Lipinski definition) is 3. The molecule has 0 saturated carbocycles. The molecule has 1 saturated heterocycles. The first-order valence-electron chi connectivity index (χ1n) is 10.9. The summed E-state index contributed by atoms with van der Waals surface area (Å²) in [6, 6.07) is 5.60. The molecule has 0 radical (unpaired) electrons. The minimum atomic E-state index is -0.512. The molecule has 0 unspecified atom stereocenters. The van der Waals surface area contributed by atoms with Crippen molar-refractivity contribution < 1.29 is 14.6 Å². The van der Waals surface area contributed by atoms with E-state index < -0.39 is 11.2 Å². The lowest BCUT2D eigenvalue weighted by atomic mass is 9.93. The zero-order valence-electron chi connectivity index (χ0n) is 18.6. The van der Waals surface area contributed by atoms with Gasteiger partial charge in [-0.25, -0.2) is 14.8 Å². The summed E-state index contributed by atoms with van der Waals surface area (Å²) in [4.78, 5) is 42.4. The van der Waals surface area contributed by atoms with Crippen LogP contribution in [-0.4, -0.2) is 54.7 Å². The summed E-state index contributed by atoms with van der Waals surface area (Å²) in [7, 11) is 0. The number of nitrogens with one attached hydrogen (secondary N) is 2. The van der Waals surface area contributed by atoms with Crippen LogP contribution < -0.4 is 5.56 Å². The predicted octanol–water partition coefficient (Wildman–Crippen LogP) is 4.35. The number of rotatable bonds is 2. The zero-order chi connectivity index (χ0) is 23.3. The van der Waals surface area contributed by atoms with Gasteiger partial charge in [0.2, 0.25) is 0 Å². The minimum Gasteiger partial charge on any atom is -0.506 e. The highest BCUT2D eigenvalue weighted by molar-refractivity contribution is 7.16. The number of aromatic nitrogens is 4. The number of ether oxygens (including phenoxy) is 1. The fourth-order valence-electron chi connectivity index (χ4n) is 4.16. The van der Waals surface area contributed by atoms with E-state index in [2.05, 4.69) is 15.0 Å². The molecule has 1 amide bonds. The van der Waals surface area contributed by atoms with Crippen LogP contribution in [0.25, 0.3) is 32.8 Å². The quantitative estimate of drug-likeness (QED) is 0.403. The van der Waals surface area contributed by atoms with Crippen molar-refractivity contribution in [1.82, 2.24) is 24.8 Å². The van der Waals surface area contributed by atoms with Gasteiger partial charge in [0.15, 0.2) is 5.65 Å². The summed E-state index contributed by atoms with van der Waals surface area (Å²) in [5.74, 6) is 0.386. The van der Waals surface area contributed by atoms with Gasteiger partial charge in [-0.3, -0.25) is 4.79 Å². The summed E-state index contributed by atoms with van der Waals surface area (Å²) in [6.07, 6.45) is 1.28. The van der Waals surface area contributed by atoms with Crippen LogP contribution in [0, 0.1) is 0 Å². The molecule has 10 heteroatoms. The Morgan fingerprint density at radius 1 is 1.18 bits per heavy atom. The number of likely N-dealkylation sites (tertiary alicyclic amines) is 1. The summed E-state index contributed by atoms with van der Waals surface area (Å²) >= 11 is 1.36. The molecule has 4 aromatic rings. The van der Waals surface area contributed by atoms with E-state index in [4.69, 9.17) is 9.72 Å². The highest BCUT2D eigenvalue weighted by atomic mass is 32.1. The van der Waals surface area contributed by atoms with Crippen LogP contribution in [0.4, 0.5) is 4.79 Å². The first kappa shape index (κ1) is 21.4. The zero-order valence-corrected chi connectivity index (χ0v) is 19.5. The van der Waals surface area contributed by atoms with Crippen molar-refractivity contribution in [2.45, 2.75) is 45.1 Å². The average molecular weight is 468 g/mol. The number of fused-ring (bicyclic) bond motifs is 2. The second-order valence-electron chi connectivity index (χ2n) is 9.28. The number of carbonyl (C=O) groups is 1. The van der Waals surface area contributed by atoms with Crippen LogP contribution in [-0.2, 0) is 4.74 Å². The van der Waals surface area contributed by atoms with E-state index in [9.17, 15) is 14.7 Å². The van der Waals surface area contributed by atoms with Crippen LogP contribution in [0.15, 0.2) is 28.4 Å². The third-order valence-electron chi connectivity index (χ3n) is 5.78. The molecule has 5 heterocycles. The number of aromatic amines is 2. The van der Waals surface area contributed by atoms with Gasteiger partial charge in [-0.2, -0.15) is 0 Å². The highest BCUT2D eigenvalue weighted by Crippen LogP contribution is 2.34. The van der Waals surface area contributed by atoms with E-state index in [1.165, 1.54) is 11.3 Å². The van der Waals surface area contributed by atoms with Gasteiger partial charge >= 0.3 is 6.09 Å². The van der Waals surface area contributed by atoms with Crippen LogP contribution in [0.2, 0.25) is 0 Å². The molecule has 3 N–H and O–H groups in total. The smallest absolute Gasteiger partial charge is 0.410 e. The summed E-state index contributed by atoms with van der Waals surface area (Å²) in [6.45, 7) is 6.80. The maximum atomic E-state index is 12.6. The molecule has 0 aromatic carbocycles. The van der Waals surface area contributed by atoms with Crippen molar-refractivity contribution in [3.05, 3.63) is 39.6 Å². The number of hydrogen-bond acceptors (Lipinski definition) is 7. The molecule has 172 valence electrons. The Bertz CT molecular complexity index is 1410. The number of imidazole rings is 1. The number of carbonyl (C=O) groups excluding carboxylic acids is 1. The lowest BCUT2D eigenvalue weighted by molar-refractivity contribution is 0.0204. The second-order valence-corrected chi connectivity index (χ2v) is 10.2. The molecule has 0 spiro atoms. The maximum Gasteiger partial charge on any atom is 0.410 e. The molecular weight excluding hydrogens is 442 g/mol. The van der Waals surface area contributed by atoms with Crippen LogP contribution in [0.1, 0.15) is 45.2 Å². The number of amides is 1. The fourth-order valence-corrected chi connectivity index (χ4v) is 4.94. The van der Waals surface area contributed by atoms with Gasteiger partial charge < -0.3 is 24.7 Å². The Morgan fingerprint density at radius 2 is 1.94 bits per heavy atom. The Hall–Kier alpha value is -3.40. The van der Waals surface area contributed by atoms with Gasteiger partial charge in [0.05, 0.1) is 10.9 Å².